The zero-order chi connectivity index (χ0) is 14.8. The molecule has 0 fully saturated rings. The van der Waals surface area contributed by atoms with Gasteiger partial charge in [0.1, 0.15) is 0 Å². The first kappa shape index (κ1) is 14.2. The molecule has 21 heavy (non-hydrogen) atoms. The Balaban J connectivity index is 2.11. The van der Waals surface area contributed by atoms with E-state index in [0.717, 1.165) is 9.99 Å². The van der Waals surface area contributed by atoms with E-state index < -0.39 is 0 Å². The monoisotopic (exact) mass is 340 g/mol. The normalized spacial score (nSPS) is 12.5. The second-order valence-electron chi connectivity index (χ2n) is 5.18. The average Bonchev–Trinajstić information content (AvgIpc) is 2.51. The SMILES string of the molecule is CNC(c1ccc2ncccc2c1)c1cc(Br)ccc1C. The van der Waals surface area contributed by atoms with E-state index in [1.165, 1.54) is 22.1 Å². The van der Waals surface area contributed by atoms with Gasteiger partial charge in [0.05, 0.1) is 11.6 Å². The lowest BCUT2D eigenvalue weighted by Crippen LogP contribution is -2.18. The van der Waals surface area contributed by atoms with E-state index in [1.807, 2.05) is 19.3 Å². The number of pyridine rings is 1. The van der Waals surface area contributed by atoms with Crippen molar-refractivity contribution in [2.24, 2.45) is 0 Å². The van der Waals surface area contributed by atoms with E-state index in [2.05, 4.69) is 75.6 Å². The Hall–Kier alpha value is -1.71. The molecule has 3 heteroatoms. The third-order valence-electron chi connectivity index (χ3n) is 3.80. The number of hydrogen-bond donors (Lipinski definition) is 1. The van der Waals surface area contributed by atoms with Crippen LogP contribution < -0.4 is 5.32 Å². The first-order chi connectivity index (χ1) is 10.2. The van der Waals surface area contributed by atoms with Crippen molar-refractivity contribution >= 4 is 26.8 Å². The van der Waals surface area contributed by atoms with Gasteiger partial charge in [0.2, 0.25) is 0 Å². The molecule has 3 rings (SSSR count). The van der Waals surface area contributed by atoms with E-state index in [1.54, 1.807) is 0 Å². The molecule has 1 aromatic heterocycles. The number of nitrogens with zero attached hydrogens (tertiary/aromatic N) is 1. The van der Waals surface area contributed by atoms with Gasteiger partial charge in [-0.05, 0) is 61.0 Å². The fourth-order valence-electron chi connectivity index (χ4n) is 2.70. The van der Waals surface area contributed by atoms with Gasteiger partial charge in [-0.25, -0.2) is 0 Å². The van der Waals surface area contributed by atoms with Gasteiger partial charge in [0.25, 0.3) is 0 Å². The summed E-state index contributed by atoms with van der Waals surface area (Å²) < 4.78 is 1.10. The minimum Gasteiger partial charge on any atom is -0.309 e. The molecule has 1 N–H and O–H groups in total. The Kier molecular flexibility index (Phi) is 4.04. The van der Waals surface area contributed by atoms with E-state index in [-0.39, 0.29) is 6.04 Å². The zero-order valence-corrected chi connectivity index (χ0v) is 13.7. The van der Waals surface area contributed by atoms with Crippen molar-refractivity contribution in [3.63, 3.8) is 0 Å². The molecule has 0 aliphatic rings. The lowest BCUT2D eigenvalue weighted by molar-refractivity contribution is 0.688. The van der Waals surface area contributed by atoms with Gasteiger partial charge in [-0.15, -0.1) is 0 Å². The highest BCUT2D eigenvalue weighted by atomic mass is 79.9. The van der Waals surface area contributed by atoms with Crippen molar-refractivity contribution in [3.8, 4) is 0 Å². The van der Waals surface area contributed by atoms with Gasteiger partial charge in [-0.1, -0.05) is 34.1 Å². The highest BCUT2D eigenvalue weighted by molar-refractivity contribution is 9.10. The molecule has 2 nitrogen and oxygen atoms in total. The summed E-state index contributed by atoms with van der Waals surface area (Å²) in [4.78, 5) is 4.38. The smallest absolute Gasteiger partial charge is 0.0702 e. The van der Waals surface area contributed by atoms with Crippen molar-refractivity contribution in [2.75, 3.05) is 7.05 Å². The molecule has 0 saturated heterocycles. The first-order valence-electron chi connectivity index (χ1n) is 6.97. The highest BCUT2D eigenvalue weighted by Crippen LogP contribution is 2.28. The molecule has 0 aliphatic heterocycles. The first-order valence-corrected chi connectivity index (χ1v) is 7.76. The fraction of sp³-hybridized carbons (Fsp3) is 0.167. The minimum absolute atomic E-state index is 0.173. The van der Waals surface area contributed by atoms with Gasteiger partial charge >= 0.3 is 0 Å². The summed E-state index contributed by atoms with van der Waals surface area (Å²) in [7, 11) is 2.00. The summed E-state index contributed by atoms with van der Waals surface area (Å²) in [5.41, 5.74) is 4.85. The molecule has 0 amide bonds. The van der Waals surface area contributed by atoms with Gasteiger partial charge in [-0.3, -0.25) is 4.98 Å². The lowest BCUT2D eigenvalue weighted by atomic mass is 9.94. The van der Waals surface area contributed by atoms with E-state index in [4.69, 9.17) is 0 Å². The number of aromatic nitrogens is 1. The topological polar surface area (TPSA) is 24.9 Å². The van der Waals surface area contributed by atoms with E-state index in [0.29, 0.717) is 0 Å². The van der Waals surface area contributed by atoms with Gasteiger partial charge in [0.15, 0.2) is 0 Å². The number of halogens is 1. The van der Waals surface area contributed by atoms with Crippen LogP contribution in [0.15, 0.2) is 59.2 Å². The van der Waals surface area contributed by atoms with Crippen LogP contribution in [0.1, 0.15) is 22.7 Å². The molecule has 0 saturated carbocycles. The maximum atomic E-state index is 4.38. The maximum absolute atomic E-state index is 4.38. The molecule has 0 spiro atoms. The molecule has 0 bridgehead atoms. The number of hydrogen-bond acceptors (Lipinski definition) is 2. The molecule has 1 unspecified atom stereocenters. The summed E-state index contributed by atoms with van der Waals surface area (Å²) in [5, 5.41) is 4.60. The molecule has 1 heterocycles. The Labute approximate surface area is 133 Å². The molecule has 0 aliphatic carbocycles. The molecule has 1 atom stereocenters. The van der Waals surface area contributed by atoms with Gasteiger partial charge in [-0.2, -0.15) is 0 Å². The summed E-state index contributed by atoms with van der Waals surface area (Å²) in [6.07, 6.45) is 1.83. The van der Waals surface area contributed by atoms with Crippen LogP contribution in [0.5, 0.6) is 0 Å². The Morgan fingerprint density at radius 2 is 1.95 bits per heavy atom. The Morgan fingerprint density at radius 3 is 2.76 bits per heavy atom. The highest BCUT2D eigenvalue weighted by Gasteiger charge is 2.15. The Morgan fingerprint density at radius 1 is 1.10 bits per heavy atom. The summed E-state index contributed by atoms with van der Waals surface area (Å²) >= 11 is 3.57. The number of aryl methyl sites for hydroxylation is 1. The van der Waals surface area contributed by atoms with Gasteiger partial charge < -0.3 is 5.32 Å². The van der Waals surface area contributed by atoms with E-state index in [9.17, 15) is 0 Å². The number of fused-ring (bicyclic) bond motifs is 1. The second kappa shape index (κ2) is 5.96. The molecular formula is C18H17BrN2. The third kappa shape index (κ3) is 2.85. The predicted octanol–water partition coefficient (Wildman–Crippen LogP) is 4.61. The maximum Gasteiger partial charge on any atom is 0.0702 e. The molecule has 106 valence electrons. The number of rotatable bonds is 3. The summed E-state index contributed by atoms with van der Waals surface area (Å²) in [6.45, 7) is 2.15. The molecule has 0 radical (unpaired) electrons. The minimum atomic E-state index is 0.173. The fourth-order valence-corrected chi connectivity index (χ4v) is 3.08. The Bertz CT molecular complexity index is 783. The summed E-state index contributed by atoms with van der Waals surface area (Å²) in [5.74, 6) is 0. The van der Waals surface area contributed by atoms with Crippen LogP contribution in [0.3, 0.4) is 0 Å². The van der Waals surface area contributed by atoms with Crippen LogP contribution in [0.25, 0.3) is 10.9 Å². The van der Waals surface area contributed by atoms with Crippen LogP contribution >= 0.6 is 15.9 Å². The largest absolute Gasteiger partial charge is 0.309 e. The van der Waals surface area contributed by atoms with Crippen molar-refractivity contribution in [3.05, 3.63) is 75.9 Å². The van der Waals surface area contributed by atoms with Crippen LogP contribution in [-0.4, -0.2) is 12.0 Å². The van der Waals surface area contributed by atoms with Crippen molar-refractivity contribution < 1.29 is 0 Å². The standard InChI is InChI=1S/C18H17BrN2/c1-12-5-7-15(19)11-16(12)18(20-2)14-6-8-17-13(10-14)4-3-9-21-17/h3-11,18,20H,1-2H3. The zero-order valence-electron chi connectivity index (χ0n) is 12.1. The van der Waals surface area contributed by atoms with Crippen molar-refractivity contribution in [1.82, 2.24) is 10.3 Å². The summed E-state index contributed by atoms with van der Waals surface area (Å²) in [6, 6.07) is 17.1. The van der Waals surface area contributed by atoms with Crippen LogP contribution in [0.4, 0.5) is 0 Å². The predicted molar refractivity (Wildman–Crippen MR) is 91.5 cm³/mol. The quantitative estimate of drug-likeness (QED) is 0.752. The average molecular weight is 341 g/mol. The van der Waals surface area contributed by atoms with E-state index >= 15 is 0 Å². The number of benzene rings is 2. The third-order valence-corrected chi connectivity index (χ3v) is 4.29. The number of nitrogens with one attached hydrogen (secondary N) is 1. The van der Waals surface area contributed by atoms with Gasteiger partial charge in [0, 0.05) is 16.1 Å². The van der Waals surface area contributed by atoms with Crippen molar-refractivity contribution in [2.45, 2.75) is 13.0 Å². The second-order valence-corrected chi connectivity index (χ2v) is 6.09. The molecule has 3 aromatic rings. The lowest BCUT2D eigenvalue weighted by Gasteiger charge is -2.20. The van der Waals surface area contributed by atoms with Crippen molar-refractivity contribution in [1.29, 1.82) is 0 Å². The van der Waals surface area contributed by atoms with Crippen LogP contribution in [0, 0.1) is 6.92 Å². The van der Waals surface area contributed by atoms with Crippen LogP contribution in [0.2, 0.25) is 0 Å². The molecule has 2 aromatic carbocycles. The van der Waals surface area contributed by atoms with Crippen LogP contribution in [-0.2, 0) is 0 Å². The molecular weight excluding hydrogens is 324 g/mol.